The summed E-state index contributed by atoms with van der Waals surface area (Å²) in [6.07, 6.45) is 1.77. The van der Waals surface area contributed by atoms with Crippen LogP contribution in [0, 0.1) is 5.82 Å². The van der Waals surface area contributed by atoms with Crippen LogP contribution >= 0.6 is 0 Å². The van der Waals surface area contributed by atoms with E-state index in [4.69, 9.17) is 9.47 Å². The summed E-state index contributed by atoms with van der Waals surface area (Å²) in [4.78, 5) is 27.6. The standard InChI is InChI=1S/C30H35FN2O4/c1-20-26(28(34)36-4)18-27(21(2)32-20)29(35)37-30(3)15-17-33(19-30)16-14-25(22-8-6-5-7-9-22)23-10-12-24(31)13-11-23/h5-13,25,32H,14-19H2,1-4H3. The molecule has 2 aliphatic rings. The number of nitrogens with zero attached hydrogens (tertiary/aromatic N) is 1. The van der Waals surface area contributed by atoms with E-state index in [1.165, 1.54) is 24.8 Å². The number of likely N-dealkylation sites (tertiary alicyclic amines) is 1. The lowest BCUT2D eigenvalue weighted by Crippen LogP contribution is -2.37. The Morgan fingerprint density at radius 1 is 1.00 bits per heavy atom. The fraction of sp³-hybridized carbons (Fsp3) is 0.400. The van der Waals surface area contributed by atoms with Crippen LogP contribution in [-0.4, -0.2) is 49.2 Å². The van der Waals surface area contributed by atoms with E-state index in [9.17, 15) is 14.0 Å². The van der Waals surface area contributed by atoms with Gasteiger partial charge in [0.15, 0.2) is 0 Å². The number of esters is 2. The van der Waals surface area contributed by atoms with Crippen LogP contribution in [0.2, 0.25) is 0 Å². The van der Waals surface area contributed by atoms with Crippen molar-refractivity contribution < 1.29 is 23.5 Å². The van der Waals surface area contributed by atoms with E-state index >= 15 is 0 Å². The third-order valence-electron chi connectivity index (χ3n) is 7.37. The highest BCUT2D eigenvalue weighted by Crippen LogP contribution is 2.33. The Morgan fingerprint density at radius 3 is 2.27 bits per heavy atom. The van der Waals surface area contributed by atoms with E-state index in [0.29, 0.717) is 29.1 Å². The monoisotopic (exact) mass is 506 g/mol. The number of hydrogen-bond donors (Lipinski definition) is 1. The Kier molecular flexibility index (Phi) is 8.13. The molecule has 2 aromatic carbocycles. The van der Waals surface area contributed by atoms with Crippen LogP contribution in [0.3, 0.4) is 0 Å². The number of halogens is 1. The summed E-state index contributed by atoms with van der Waals surface area (Å²) in [7, 11) is 1.33. The summed E-state index contributed by atoms with van der Waals surface area (Å²) in [5.74, 6) is -0.952. The first-order chi connectivity index (χ1) is 17.7. The van der Waals surface area contributed by atoms with Gasteiger partial charge in [0.2, 0.25) is 0 Å². The number of ether oxygens (including phenoxy) is 2. The lowest BCUT2D eigenvalue weighted by molar-refractivity contribution is -0.152. The average Bonchev–Trinajstić information content (AvgIpc) is 3.25. The molecule has 4 rings (SSSR count). The number of hydrogen-bond acceptors (Lipinski definition) is 6. The van der Waals surface area contributed by atoms with E-state index in [2.05, 4.69) is 22.3 Å². The molecule has 0 bridgehead atoms. The Hall–Kier alpha value is -3.45. The lowest BCUT2D eigenvalue weighted by atomic mass is 9.88. The van der Waals surface area contributed by atoms with E-state index < -0.39 is 17.5 Å². The molecule has 0 saturated carbocycles. The number of dihydropyridines is 1. The van der Waals surface area contributed by atoms with Crippen LogP contribution in [-0.2, 0) is 19.1 Å². The molecule has 2 aliphatic heterocycles. The van der Waals surface area contributed by atoms with Crippen molar-refractivity contribution in [2.24, 2.45) is 0 Å². The molecule has 0 spiro atoms. The SMILES string of the molecule is COC(=O)C1=C(C)NC(C)=C(C(=O)OC2(C)CCN(CCC(c3ccccc3)c3ccc(F)cc3)C2)C1. The smallest absolute Gasteiger partial charge is 0.336 e. The van der Waals surface area contributed by atoms with Crippen molar-refractivity contribution in [1.29, 1.82) is 0 Å². The zero-order chi connectivity index (χ0) is 26.6. The summed E-state index contributed by atoms with van der Waals surface area (Å²) < 4.78 is 24.4. The van der Waals surface area contributed by atoms with Crippen molar-refractivity contribution in [3.05, 3.63) is 94.1 Å². The number of carbonyl (C=O) groups is 2. The first-order valence-corrected chi connectivity index (χ1v) is 12.7. The lowest BCUT2D eigenvalue weighted by Gasteiger charge is -2.28. The van der Waals surface area contributed by atoms with Crippen molar-refractivity contribution in [3.8, 4) is 0 Å². The van der Waals surface area contributed by atoms with Gasteiger partial charge in [-0.2, -0.15) is 0 Å². The van der Waals surface area contributed by atoms with Crippen LogP contribution in [0.4, 0.5) is 4.39 Å². The molecule has 0 amide bonds. The van der Waals surface area contributed by atoms with Gasteiger partial charge in [-0.15, -0.1) is 0 Å². The molecule has 7 heteroatoms. The second-order valence-corrected chi connectivity index (χ2v) is 10.2. The van der Waals surface area contributed by atoms with Gasteiger partial charge in [0, 0.05) is 43.2 Å². The van der Waals surface area contributed by atoms with Gasteiger partial charge in [0.25, 0.3) is 0 Å². The number of allylic oxidation sites excluding steroid dienone is 2. The van der Waals surface area contributed by atoms with Crippen LogP contribution in [0.1, 0.15) is 57.1 Å². The molecular formula is C30H35FN2O4. The van der Waals surface area contributed by atoms with Gasteiger partial charge in [0.1, 0.15) is 11.4 Å². The Labute approximate surface area is 218 Å². The second-order valence-electron chi connectivity index (χ2n) is 10.2. The molecule has 2 aromatic rings. The third-order valence-corrected chi connectivity index (χ3v) is 7.37. The van der Waals surface area contributed by atoms with Gasteiger partial charge in [-0.05, 0) is 57.0 Å². The summed E-state index contributed by atoms with van der Waals surface area (Å²) >= 11 is 0. The Balaban J connectivity index is 1.39. The van der Waals surface area contributed by atoms with E-state index in [1.807, 2.05) is 44.2 Å². The quantitative estimate of drug-likeness (QED) is 0.505. The molecule has 1 fully saturated rings. The van der Waals surface area contributed by atoms with Crippen LogP contribution in [0.25, 0.3) is 0 Å². The first kappa shape index (κ1) is 26.6. The predicted molar refractivity (Wildman–Crippen MR) is 140 cm³/mol. The van der Waals surface area contributed by atoms with Crippen molar-refractivity contribution in [3.63, 3.8) is 0 Å². The molecule has 0 aromatic heterocycles. The number of nitrogens with one attached hydrogen (secondary N) is 1. The van der Waals surface area contributed by atoms with Crippen LogP contribution in [0.5, 0.6) is 0 Å². The van der Waals surface area contributed by atoms with Crippen molar-refractivity contribution in [1.82, 2.24) is 10.2 Å². The molecule has 2 atom stereocenters. The van der Waals surface area contributed by atoms with Crippen LogP contribution < -0.4 is 5.32 Å². The summed E-state index contributed by atoms with van der Waals surface area (Å²) in [5.41, 5.74) is 3.92. The van der Waals surface area contributed by atoms with Crippen molar-refractivity contribution in [2.45, 2.75) is 51.6 Å². The minimum absolute atomic E-state index is 0.143. The molecule has 1 N–H and O–H groups in total. The number of benzene rings is 2. The van der Waals surface area contributed by atoms with E-state index in [0.717, 1.165) is 31.5 Å². The zero-order valence-electron chi connectivity index (χ0n) is 22.0. The highest BCUT2D eigenvalue weighted by Gasteiger charge is 2.39. The molecule has 6 nitrogen and oxygen atoms in total. The summed E-state index contributed by atoms with van der Waals surface area (Å²) in [6, 6.07) is 17.0. The van der Waals surface area contributed by atoms with Gasteiger partial charge in [0.05, 0.1) is 18.3 Å². The maximum Gasteiger partial charge on any atom is 0.336 e. The average molecular weight is 507 g/mol. The zero-order valence-corrected chi connectivity index (χ0v) is 22.0. The van der Waals surface area contributed by atoms with Gasteiger partial charge in [-0.1, -0.05) is 42.5 Å². The molecule has 37 heavy (non-hydrogen) atoms. The highest BCUT2D eigenvalue weighted by molar-refractivity contribution is 5.96. The summed E-state index contributed by atoms with van der Waals surface area (Å²) in [6.45, 7) is 7.84. The Bertz CT molecular complexity index is 1210. The molecule has 0 aliphatic carbocycles. The maximum absolute atomic E-state index is 13.5. The predicted octanol–water partition coefficient (Wildman–Crippen LogP) is 5.07. The van der Waals surface area contributed by atoms with Crippen LogP contribution in [0.15, 0.2) is 77.1 Å². The maximum atomic E-state index is 13.5. The normalized spacial score (nSPS) is 21.0. The van der Waals surface area contributed by atoms with Gasteiger partial charge < -0.3 is 14.8 Å². The molecule has 2 unspecified atom stereocenters. The van der Waals surface area contributed by atoms with E-state index in [-0.39, 0.29) is 18.2 Å². The van der Waals surface area contributed by atoms with E-state index in [1.54, 1.807) is 6.92 Å². The minimum Gasteiger partial charge on any atom is -0.466 e. The second kappa shape index (κ2) is 11.3. The van der Waals surface area contributed by atoms with Crippen molar-refractivity contribution in [2.75, 3.05) is 26.7 Å². The molecule has 196 valence electrons. The number of methoxy groups -OCH3 is 1. The highest BCUT2D eigenvalue weighted by atomic mass is 19.1. The fourth-order valence-electron chi connectivity index (χ4n) is 5.25. The van der Waals surface area contributed by atoms with Gasteiger partial charge in [-0.3, -0.25) is 4.90 Å². The minimum atomic E-state index is -0.621. The number of rotatable bonds is 8. The molecular weight excluding hydrogens is 471 g/mol. The first-order valence-electron chi connectivity index (χ1n) is 12.7. The van der Waals surface area contributed by atoms with Crippen molar-refractivity contribution >= 4 is 11.9 Å². The fourth-order valence-corrected chi connectivity index (χ4v) is 5.25. The molecule has 0 radical (unpaired) electrons. The third kappa shape index (κ3) is 6.28. The summed E-state index contributed by atoms with van der Waals surface area (Å²) in [5, 5.41) is 3.11. The molecule has 1 saturated heterocycles. The van der Waals surface area contributed by atoms with Gasteiger partial charge in [-0.25, -0.2) is 14.0 Å². The number of carbonyl (C=O) groups excluding carboxylic acids is 2. The van der Waals surface area contributed by atoms with Gasteiger partial charge >= 0.3 is 11.9 Å². The Morgan fingerprint density at radius 2 is 1.62 bits per heavy atom. The largest absolute Gasteiger partial charge is 0.466 e. The molecule has 2 heterocycles. The topological polar surface area (TPSA) is 67.9 Å².